The highest BCUT2D eigenvalue weighted by Gasteiger charge is 2.29. The van der Waals surface area contributed by atoms with E-state index in [1.54, 1.807) is 7.11 Å². The van der Waals surface area contributed by atoms with Crippen LogP contribution in [-0.4, -0.2) is 24.7 Å². The third-order valence-electron chi connectivity index (χ3n) is 2.86. The van der Waals surface area contributed by atoms with Crippen molar-refractivity contribution in [3.8, 4) is 0 Å². The van der Waals surface area contributed by atoms with Crippen LogP contribution in [0.4, 0.5) is 0 Å². The van der Waals surface area contributed by atoms with E-state index < -0.39 is 0 Å². The van der Waals surface area contributed by atoms with Gasteiger partial charge in [0.25, 0.3) is 0 Å². The summed E-state index contributed by atoms with van der Waals surface area (Å²) in [5.74, 6) is 1.03. The summed E-state index contributed by atoms with van der Waals surface area (Å²) in [5, 5.41) is 0.526. The van der Waals surface area contributed by atoms with Crippen molar-refractivity contribution in [2.24, 2.45) is 5.73 Å². The first-order valence-corrected chi connectivity index (χ1v) is 6.31. The first-order chi connectivity index (χ1) is 7.33. The minimum Gasteiger partial charge on any atom is -0.384 e. The van der Waals surface area contributed by atoms with Crippen molar-refractivity contribution in [2.45, 2.75) is 17.7 Å². The van der Waals surface area contributed by atoms with Gasteiger partial charge in [0.1, 0.15) is 0 Å². The quantitative estimate of drug-likeness (QED) is 0.793. The molecule has 2 rings (SSSR count). The highest BCUT2D eigenvalue weighted by Crippen LogP contribution is 2.36. The zero-order chi connectivity index (χ0) is 10.7. The predicted molar refractivity (Wildman–Crippen MR) is 65.2 cm³/mol. The molecule has 0 heterocycles. The van der Waals surface area contributed by atoms with E-state index in [4.69, 9.17) is 10.5 Å². The number of hydrogen-bond acceptors (Lipinski definition) is 3. The molecule has 0 radical (unpaired) electrons. The molecule has 2 atom stereocenters. The summed E-state index contributed by atoms with van der Waals surface area (Å²) in [6.07, 6.45) is 1.10. The maximum absolute atomic E-state index is 6.21. The van der Waals surface area contributed by atoms with Gasteiger partial charge in [-0.3, -0.25) is 0 Å². The van der Waals surface area contributed by atoms with E-state index >= 15 is 0 Å². The number of fused-ring (bicyclic) bond motifs is 1. The summed E-state index contributed by atoms with van der Waals surface area (Å²) in [5.41, 5.74) is 8.95. The molecule has 1 aromatic rings. The lowest BCUT2D eigenvalue weighted by atomic mass is 10.1. The summed E-state index contributed by atoms with van der Waals surface area (Å²) in [6.45, 7) is 0.810. The molecule has 0 bridgehead atoms. The molecule has 0 saturated carbocycles. The van der Waals surface area contributed by atoms with Gasteiger partial charge in [0, 0.05) is 24.2 Å². The molecule has 15 heavy (non-hydrogen) atoms. The minimum atomic E-state index is 0.197. The number of thioether (sulfide) groups is 1. The molecule has 0 spiro atoms. The summed E-state index contributed by atoms with van der Waals surface area (Å²) >= 11 is 1.92. The summed E-state index contributed by atoms with van der Waals surface area (Å²) in [7, 11) is 1.74. The second kappa shape index (κ2) is 5.01. The summed E-state index contributed by atoms with van der Waals surface area (Å²) in [6, 6.07) is 8.69. The van der Waals surface area contributed by atoms with Crippen LogP contribution in [0, 0.1) is 0 Å². The molecule has 3 heteroatoms. The fourth-order valence-corrected chi connectivity index (χ4v) is 3.25. The van der Waals surface area contributed by atoms with Gasteiger partial charge in [-0.1, -0.05) is 24.3 Å². The molecule has 1 aromatic carbocycles. The van der Waals surface area contributed by atoms with Crippen LogP contribution >= 0.6 is 11.8 Å². The van der Waals surface area contributed by atoms with Crippen LogP contribution in [0.1, 0.15) is 17.2 Å². The molecule has 2 N–H and O–H groups in total. The summed E-state index contributed by atoms with van der Waals surface area (Å²) in [4.78, 5) is 0. The van der Waals surface area contributed by atoms with E-state index in [0.717, 1.165) is 18.8 Å². The smallest absolute Gasteiger partial charge is 0.0553 e. The first kappa shape index (κ1) is 11.0. The van der Waals surface area contributed by atoms with E-state index in [-0.39, 0.29) is 6.04 Å². The normalized spacial score (nSPS) is 24.1. The van der Waals surface area contributed by atoms with Gasteiger partial charge < -0.3 is 10.5 Å². The van der Waals surface area contributed by atoms with Gasteiger partial charge in [0.15, 0.2) is 0 Å². The molecular weight excluding hydrogens is 206 g/mol. The van der Waals surface area contributed by atoms with Crippen molar-refractivity contribution in [1.29, 1.82) is 0 Å². The second-order valence-electron chi connectivity index (χ2n) is 3.83. The second-order valence-corrected chi connectivity index (χ2v) is 5.18. The molecule has 82 valence electrons. The molecule has 1 aliphatic carbocycles. The Hall–Kier alpha value is -0.510. The van der Waals surface area contributed by atoms with E-state index in [2.05, 4.69) is 24.3 Å². The third kappa shape index (κ3) is 2.36. The monoisotopic (exact) mass is 223 g/mol. The van der Waals surface area contributed by atoms with Gasteiger partial charge in [0.2, 0.25) is 0 Å². The maximum atomic E-state index is 6.21. The molecule has 0 fully saturated rings. The van der Waals surface area contributed by atoms with Crippen molar-refractivity contribution in [3.05, 3.63) is 35.4 Å². The number of methoxy groups -OCH3 is 1. The fraction of sp³-hybridized carbons (Fsp3) is 0.500. The number of benzene rings is 1. The Bertz CT molecular complexity index is 329. The largest absolute Gasteiger partial charge is 0.384 e. The molecule has 2 nitrogen and oxygen atoms in total. The number of rotatable bonds is 4. The molecular formula is C12H17NOS. The lowest BCUT2D eigenvalue weighted by Gasteiger charge is -2.15. The van der Waals surface area contributed by atoms with Crippen molar-refractivity contribution in [2.75, 3.05) is 19.5 Å². The number of nitrogens with two attached hydrogens (primary N) is 1. The van der Waals surface area contributed by atoms with Gasteiger partial charge in [-0.05, 0) is 17.5 Å². The van der Waals surface area contributed by atoms with Crippen LogP contribution in [0.3, 0.4) is 0 Å². The summed E-state index contributed by atoms with van der Waals surface area (Å²) < 4.78 is 5.05. The van der Waals surface area contributed by atoms with E-state index in [9.17, 15) is 0 Å². The van der Waals surface area contributed by atoms with Crippen molar-refractivity contribution >= 4 is 11.8 Å². The molecule has 1 aliphatic rings. The molecule has 2 unspecified atom stereocenters. The highest BCUT2D eigenvalue weighted by molar-refractivity contribution is 8.00. The van der Waals surface area contributed by atoms with Crippen LogP contribution in [0.5, 0.6) is 0 Å². The topological polar surface area (TPSA) is 35.2 Å². The Kier molecular flexibility index (Phi) is 3.67. The Morgan fingerprint density at radius 2 is 2.27 bits per heavy atom. The Balaban J connectivity index is 1.97. The standard InChI is InChI=1S/C12H17NOS/c1-14-6-7-15-11-8-9-4-2-3-5-10(9)12(11)13/h2-5,11-12H,6-8,13H2,1H3. The van der Waals surface area contributed by atoms with Crippen LogP contribution in [-0.2, 0) is 11.2 Å². The maximum Gasteiger partial charge on any atom is 0.0553 e. The van der Waals surface area contributed by atoms with Gasteiger partial charge >= 0.3 is 0 Å². The highest BCUT2D eigenvalue weighted by atomic mass is 32.2. The van der Waals surface area contributed by atoms with Gasteiger partial charge in [-0.15, -0.1) is 0 Å². The van der Waals surface area contributed by atoms with E-state index in [0.29, 0.717) is 5.25 Å². The van der Waals surface area contributed by atoms with Crippen LogP contribution in [0.2, 0.25) is 0 Å². The number of hydrogen-bond donors (Lipinski definition) is 1. The lowest BCUT2D eigenvalue weighted by molar-refractivity contribution is 0.218. The van der Waals surface area contributed by atoms with Crippen LogP contribution in [0.15, 0.2) is 24.3 Å². The van der Waals surface area contributed by atoms with E-state index in [1.165, 1.54) is 11.1 Å². The van der Waals surface area contributed by atoms with Crippen molar-refractivity contribution in [3.63, 3.8) is 0 Å². The Labute approximate surface area is 95.2 Å². The van der Waals surface area contributed by atoms with Crippen molar-refractivity contribution < 1.29 is 4.74 Å². The average molecular weight is 223 g/mol. The molecule has 0 amide bonds. The fourth-order valence-electron chi connectivity index (χ4n) is 2.03. The zero-order valence-corrected chi connectivity index (χ0v) is 9.80. The van der Waals surface area contributed by atoms with E-state index in [1.807, 2.05) is 11.8 Å². The predicted octanol–water partition coefficient (Wildman–Crippen LogP) is 1.99. The molecule has 0 aromatic heterocycles. The Morgan fingerprint density at radius 1 is 1.47 bits per heavy atom. The van der Waals surface area contributed by atoms with Crippen molar-refractivity contribution in [1.82, 2.24) is 0 Å². The average Bonchev–Trinajstić information content (AvgIpc) is 2.57. The van der Waals surface area contributed by atoms with Gasteiger partial charge in [-0.2, -0.15) is 11.8 Å². The van der Waals surface area contributed by atoms with Gasteiger partial charge in [-0.25, -0.2) is 0 Å². The van der Waals surface area contributed by atoms with Gasteiger partial charge in [0.05, 0.1) is 6.61 Å². The van der Waals surface area contributed by atoms with Crippen LogP contribution in [0.25, 0.3) is 0 Å². The first-order valence-electron chi connectivity index (χ1n) is 5.27. The lowest BCUT2D eigenvalue weighted by Crippen LogP contribution is -2.19. The third-order valence-corrected chi connectivity index (χ3v) is 4.15. The SMILES string of the molecule is COCCSC1Cc2ccccc2C1N. The number of ether oxygens (including phenoxy) is 1. The Morgan fingerprint density at radius 3 is 3.00 bits per heavy atom. The minimum absolute atomic E-state index is 0.197. The molecule has 0 saturated heterocycles. The molecule has 0 aliphatic heterocycles. The van der Waals surface area contributed by atoms with Crippen LogP contribution < -0.4 is 5.73 Å². The zero-order valence-electron chi connectivity index (χ0n) is 8.98.